The molecular weight excluding hydrogens is 345 g/mol. The van der Waals surface area contributed by atoms with Gasteiger partial charge in [-0.2, -0.15) is 0 Å². The molecular formula is O7V2Zn2-10. The Balaban J connectivity index is 0. The van der Waals surface area contributed by atoms with Crippen molar-refractivity contribution < 1.29 is 114 Å². The average Bonchev–Trinajstić information content (AvgIpc) is 0. The van der Waals surface area contributed by atoms with Crippen LogP contribution in [-0.4, -0.2) is 0 Å². The molecule has 0 rings (SSSR count). The minimum Gasteiger partial charge on any atom is -2.00 e. The van der Waals surface area contributed by atoms with Gasteiger partial charge < -0.3 is 38.3 Å². The summed E-state index contributed by atoms with van der Waals surface area (Å²) < 4.78 is 0. The molecule has 0 bridgehead atoms. The van der Waals surface area contributed by atoms with Gasteiger partial charge in [0.05, 0.1) is 0 Å². The fourth-order valence-corrected chi connectivity index (χ4v) is 0. The van der Waals surface area contributed by atoms with Crippen molar-refractivity contribution in [2.45, 2.75) is 0 Å². The van der Waals surface area contributed by atoms with Gasteiger partial charge in [0.15, 0.2) is 0 Å². The standard InChI is InChI=1S/7O.2V.2Zn/q7*-2;;;2*+2. The SMILES string of the molecule is [O-2].[O-2].[O-2].[O-2].[O-2].[O-2].[O-2].[V].[V].[Zn+2].[Zn+2]. The normalized spacial score (nSPS) is 0. The zero-order chi connectivity index (χ0) is 0. The van der Waals surface area contributed by atoms with Crippen LogP contribution in [0.5, 0.6) is 0 Å². The molecule has 0 N–H and O–H groups in total. The molecule has 0 aromatic rings. The molecule has 0 heterocycles. The minimum atomic E-state index is 0. The number of rotatable bonds is 0. The zero-order valence-corrected chi connectivity index (χ0v) is 13.9. The summed E-state index contributed by atoms with van der Waals surface area (Å²) >= 11 is 0. The molecule has 0 aliphatic heterocycles. The minimum absolute atomic E-state index is 0. The molecule has 0 aliphatic carbocycles. The first-order valence-corrected chi connectivity index (χ1v) is 0. The Bertz CT molecular complexity index is 14.4. The van der Waals surface area contributed by atoms with Crippen molar-refractivity contribution in [3.63, 3.8) is 0 Å². The monoisotopic (exact) mass is 342 g/mol. The third-order valence-electron chi connectivity index (χ3n) is 0. The van der Waals surface area contributed by atoms with E-state index >= 15 is 0 Å². The first-order chi connectivity index (χ1) is 0. The molecule has 2 radical (unpaired) electrons. The average molecular weight is 345 g/mol. The Hall–Kier alpha value is 2.14. The molecule has 0 spiro atoms. The van der Waals surface area contributed by atoms with Crippen LogP contribution in [0, 0.1) is 0 Å². The van der Waals surface area contributed by atoms with Gasteiger partial charge in [-0.3, -0.25) is 0 Å². The number of hydrogen-bond acceptors (Lipinski definition) is 0. The van der Waals surface area contributed by atoms with Crippen LogP contribution in [0.1, 0.15) is 0 Å². The molecule has 0 unspecified atom stereocenters. The van der Waals surface area contributed by atoms with Crippen LogP contribution in [0.3, 0.4) is 0 Å². The molecule has 0 amide bonds. The van der Waals surface area contributed by atoms with Crippen molar-refractivity contribution in [1.29, 1.82) is 0 Å². The summed E-state index contributed by atoms with van der Waals surface area (Å²) in [5, 5.41) is 0. The van der Waals surface area contributed by atoms with Gasteiger partial charge in [-0.25, -0.2) is 0 Å². The molecule has 66 valence electrons. The third-order valence-corrected chi connectivity index (χ3v) is 0. The summed E-state index contributed by atoms with van der Waals surface area (Å²) in [4.78, 5) is 0. The van der Waals surface area contributed by atoms with Crippen LogP contribution < -0.4 is 0 Å². The molecule has 11 heteroatoms. The predicted octanol–water partition coefficient (Wildman–Crippen LogP) is -0.842. The van der Waals surface area contributed by atoms with Crippen molar-refractivity contribution >= 4 is 0 Å². The topological polar surface area (TPSA) is 200 Å². The van der Waals surface area contributed by atoms with Crippen LogP contribution in [-0.2, 0) is 114 Å². The van der Waals surface area contributed by atoms with E-state index in [1.54, 1.807) is 0 Å². The molecule has 11 heavy (non-hydrogen) atoms. The second kappa shape index (κ2) is 330. The van der Waals surface area contributed by atoms with E-state index in [-0.39, 0.29) is 114 Å². The van der Waals surface area contributed by atoms with Gasteiger partial charge in [0, 0.05) is 37.1 Å². The molecule has 0 saturated heterocycles. The second-order valence-corrected chi connectivity index (χ2v) is 0. The maximum atomic E-state index is 0. The summed E-state index contributed by atoms with van der Waals surface area (Å²) in [6.45, 7) is 0. The first-order valence-electron chi connectivity index (χ1n) is 0. The van der Waals surface area contributed by atoms with Gasteiger partial charge in [-0.05, 0) is 0 Å². The molecule has 0 fully saturated rings. The summed E-state index contributed by atoms with van der Waals surface area (Å²) in [7, 11) is 0. The van der Waals surface area contributed by atoms with E-state index < -0.39 is 0 Å². The Kier molecular flexibility index (Phi) is 12700. The van der Waals surface area contributed by atoms with E-state index in [2.05, 4.69) is 0 Å². The van der Waals surface area contributed by atoms with Gasteiger partial charge in [0.1, 0.15) is 0 Å². The first kappa shape index (κ1) is 424. The largest absolute Gasteiger partial charge is 2.00 e. The van der Waals surface area contributed by atoms with Crippen LogP contribution in [0.25, 0.3) is 0 Å². The molecule has 0 saturated carbocycles. The molecule has 0 aliphatic rings. The van der Waals surface area contributed by atoms with Crippen molar-refractivity contribution in [2.24, 2.45) is 0 Å². The predicted molar refractivity (Wildman–Crippen MR) is 4.81 cm³/mol. The smallest absolute Gasteiger partial charge is 2.00 e. The molecule has 7 nitrogen and oxygen atoms in total. The molecule has 0 atom stereocenters. The summed E-state index contributed by atoms with van der Waals surface area (Å²) in [6, 6.07) is 0. The Morgan fingerprint density at radius 3 is 0.273 bits per heavy atom. The van der Waals surface area contributed by atoms with Gasteiger partial charge in [0.2, 0.25) is 0 Å². The van der Waals surface area contributed by atoms with E-state index in [0.29, 0.717) is 0 Å². The Morgan fingerprint density at radius 1 is 0.273 bits per heavy atom. The summed E-state index contributed by atoms with van der Waals surface area (Å²) in [6.07, 6.45) is 0. The zero-order valence-electron chi connectivity index (χ0n) is 5.17. The van der Waals surface area contributed by atoms with E-state index in [4.69, 9.17) is 0 Å². The van der Waals surface area contributed by atoms with Crippen LogP contribution in [0.4, 0.5) is 0 Å². The quantitative estimate of drug-likeness (QED) is 0.493. The molecule has 0 aromatic heterocycles. The van der Waals surface area contributed by atoms with E-state index in [0.717, 1.165) is 0 Å². The fourth-order valence-electron chi connectivity index (χ4n) is 0. The third kappa shape index (κ3) is 273. The van der Waals surface area contributed by atoms with Crippen molar-refractivity contribution in [1.82, 2.24) is 0 Å². The van der Waals surface area contributed by atoms with Crippen molar-refractivity contribution in [3.05, 3.63) is 0 Å². The van der Waals surface area contributed by atoms with Gasteiger partial charge in [-0.15, -0.1) is 0 Å². The maximum absolute atomic E-state index is 0. The van der Waals surface area contributed by atoms with Gasteiger partial charge in [-0.1, -0.05) is 0 Å². The fraction of sp³-hybridized carbons (Fsp3) is 0. The van der Waals surface area contributed by atoms with Crippen LogP contribution >= 0.6 is 0 Å². The van der Waals surface area contributed by atoms with Crippen molar-refractivity contribution in [3.8, 4) is 0 Å². The molecule has 0 aromatic carbocycles. The summed E-state index contributed by atoms with van der Waals surface area (Å²) in [5.74, 6) is 0. The van der Waals surface area contributed by atoms with E-state index in [1.807, 2.05) is 0 Å². The van der Waals surface area contributed by atoms with E-state index in [9.17, 15) is 0 Å². The second-order valence-electron chi connectivity index (χ2n) is 0. The van der Waals surface area contributed by atoms with Gasteiger partial charge >= 0.3 is 39.0 Å². The van der Waals surface area contributed by atoms with Crippen LogP contribution in [0.2, 0.25) is 0 Å². The van der Waals surface area contributed by atoms with E-state index in [1.165, 1.54) is 0 Å². The Morgan fingerprint density at radius 2 is 0.273 bits per heavy atom. The maximum Gasteiger partial charge on any atom is 2.00 e. The van der Waals surface area contributed by atoms with Crippen LogP contribution in [0.15, 0.2) is 0 Å². The Labute approximate surface area is 114 Å². The summed E-state index contributed by atoms with van der Waals surface area (Å²) in [5.41, 5.74) is 0. The van der Waals surface area contributed by atoms with Gasteiger partial charge in [0.25, 0.3) is 0 Å². The van der Waals surface area contributed by atoms with Crippen molar-refractivity contribution in [2.75, 3.05) is 0 Å². The number of hydrogen-bond donors (Lipinski definition) is 0.